The SMILES string of the molecule is COc1ccc(SC2CCCC(C(Sc3ccc(OC)cc3)c3ccccc3)C2c2ccccc2)cc1. The Morgan fingerprint density at radius 3 is 1.81 bits per heavy atom. The Morgan fingerprint density at radius 1 is 0.649 bits per heavy atom. The number of benzene rings is 4. The Bertz CT molecular complexity index is 1230. The van der Waals surface area contributed by atoms with E-state index in [1.807, 2.05) is 23.5 Å². The molecule has 0 aromatic heterocycles. The summed E-state index contributed by atoms with van der Waals surface area (Å²) in [6.07, 6.45) is 3.69. The van der Waals surface area contributed by atoms with E-state index in [4.69, 9.17) is 9.47 Å². The average molecular weight is 527 g/mol. The molecule has 0 N–H and O–H groups in total. The van der Waals surface area contributed by atoms with Gasteiger partial charge in [-0.1, -0.05) is 67.1 Å². The van der Waals surface area contributed by atoms with E-state index >= 15 is 0 Å². The summed E-state index contributed by atoms with van der Waals surface area (Å²) < 4.78 is 10.8. The average Bonchev–Trinajstić information content (AvgIpc) is 2.97. The Balaban J connectivity index is 1.51. The predicted molar refractivity (Wildman–Crippen MR) is 157 cm³/mol. The second kappa shape index (κ2) is 12.6. The van der Waals surface area contributed by atoms with E-state index in [1.165, 1.54) is 40.2 Å². The Hall–Kier alpha value is -2.82. The number of rotatable bonds is 9. The molecule has 1 fully saturated rings. The molecule has 4 aromatic carbocycles. The Kier molecular flexibility index (Phi) is 8.80. The van der Waals surface area contributed by atoms with Crippen LogP contribution in [0.3, 0.4) is 0 Å². The fraction of sp³-hybridized carbons (Fsp3) is 0.273. The first kappa shape index (κ1) is 25.8. The summed E-state index contributed by atoms with van der Waals surface area (Å²) in [5.74, 6) is 2.78. The van der Waals surface area contributed by atoms with Crippen LogP contribution in [0.4, 0.5) is 0 Å². The van der Waals surface area contributed by atoms with E-state index in [2.05, 4.69) is 109 Å². The van der Waals surface area contributed by atoms with Crippen molar-refractivity contribution >= 4 is 23.5 Å². The molecule has 0 radical (unpaired) electrons. The number of hydrogen-bond acceptors (Lipinski definition) is 4. The van der Waals surface area contributed by atoms with Crippen molar-refractivity contribution in [1.29, 1.82) is 0 Å². The van der Waals surface area contributed by atoms with Crippen molar-refractivity contribution in [3.63, 3.8) is 0 Å². The largest absolute Gasteiger partial charge is 0.497 e. The van der Waals surface area contributed by atoms with Gasteiger partial charge in [0.25, 0.3) is 0 Å². The lowest BCUT2D eigenvalue weighted by Crippen LogP contribution is -2.31. The first-order chi connectivity index (χ1) is 18.2. The fourth-order valence-electron chi connectivity index (χ4n) is 5.47. The van der Waals surface area contributed by atoms with Gasteiger partial charge in [-0.15, -0.1) is 23.5 Å². The van der Waals surface area contributed by atoms with Crippen LogP contribution in [-0.4, -0.2) is 19.5 Å². The first-order valence-corrected chi connectivity index (χ1v) is 14.7. The molecule has 0 aliphatic heterocycles. The molecule has 0 saturated heterocycles. The maximum absolute atomic E-state index is 5.42. The number of methoxy groups -OCH3 is 2. The summed E-state index contributed by atoms with van der Waals surface area (Å²) in [4.78, 5) is 2.60. The molecule has 37 heavy (non-hydrogen) atoms. The highest BCUT2D eigenvalue weighted by Crippen LogP contribution is 2.55. The topological polar surface area (TPSA) is 18.5 Å². The van der Waals surface area contributed by atoms with Crippen molar-refractivity contribution < 1.29 is 9.47 Å². The number of hydrogen-bond donors (Lipinski definition) is 0. The lowest BCUT2D eigenvalue weighted by molar-refractivity contribution is 0.309. The lowest BCUT2D eigenvalue weighted by atomic mass is 9.72. The molecule has 1 saturated carbocycles. The summed E-state index contributed by atoms with van der Waals surface area (Å²) in [6, 6.07) is 39.4. The maximum atomic E-state index is 5.42. The summed E-state index contributed by atoms with van der Waals surface area (Å²) >= 11 is 4.03. The van der Waals surface area contributed by atoms with Crippen LogP contribution in [0.15, 0.2) is 119 Å². The van der Waals surface area contributed by atoms with Crippen LogP contribution in [0.2, 0.25) is 0 Å². The van der Waals surface area contributed by atoms with Gasteiger partial charge >= 0.3 is 0 Å². The minimum Gasteiger partial charge on any atom is -0.497 e. The highest BCUT2D eigenvalue weighted by atomic mass is 32.2. The molecule has 0 spiro atoms. The van der Waals surface area contributed by atoms with Gasteiger partial charge < -0.3 is 9.47 Å². The van der Waals surface area contributed by atoms with Crippen LogP contribution in [0.1, 0.15) is 41.6 Å². The van der Waals surface area contributed by atoms with Crippen molar-refractivity contribution in [2.24, 2.45) is 5.92 Å². The molecule has 4 atom stereocenters. The van der Waals surface area contributed by atoms with Crippen LogP contribution < -0.4 is 9.47 Å². The van der Waals surface area contributed by atoms with Gasteiger partial charge in [-0.2, -0.15) is 0 Å². The molecule has 2 nitrogen and oxygen atoms in total. The third-order valence-electron chi connectivity index (χ3n) is 7.26. The van der Waals surface area contributed by atoms with Crippen LogP contribution in [0.25, 0.3) is 0 Å². The monoisotopic (exact) mass is 526 g/mol. The zero-order valence-electron chi connectivity index (χ0n) is 21.5. The molecule has 4 unspecified atom stereocenters. The molecule has 5 rings (SSSR count). The van der Waals surface area contributed by atoms with E-state index in [1.54, 1.807) is 14.2 Å². The van der Waals surface area contributed by atoms with Crippen LogP contribution in [0.5, 0.6) is 11.5 Å². The van der Waals surface area contributed by atoms with Crippen molar-refractivity contribution in [2.45, 2.75) is 45.5 Å². The molecule has 1 aliphatic rings. The minimum atomic E-state index is 0.360. The Morgan fingerprint density at radius 2 is 1.22 bits per heavy atom. The molecule has 4 heteroatoms. The molecule has 190 valence electrons. The van der Waals surface area contributed by atoms with Crippen LogP contribution in [0, 0.1) is 5.92 Å². The van der Waals surface area contributed by atoms with Crippen molar-refractivity contribution in [3.8, 4) is 11.5 Å². The molecule has 4 aromatic rings. The fourth-order valence-corrected chi connectivity index (χ4v) is 8.27. The standard InChI is InChI=1S/C33H34O2S2/c1-34-26-16-20-28(21-17-26)36-31-15-9-14-30(32(31)24-10-5-3-6-11-24)33(25-12-7-4-8-13-25)37-29-22-18-27(35-2)19-23-29/h3-8,10-13,16-23,30-33H,9,14-15H2,1-2H3. The van der Waals surface area contributed by atoms with E-state index < -0.39 is 0 Å². The zero-order valence-corrected chi connectivity index (χ0v) is 23.1. The van der Waals surface area contributed by atoms with Gasteiger partial charge in [0.15, 0.2) is 0 Å². The van der Waals surface area contributed by atoms with Crippen molar-refractivity contribution in [1.82, 2.24) is 0 Å². The second-order valence-electron chi connectivity index (χ2n) is 9.49. The minimum absolute atomic E-state index is 0.360. The highest BCUT2D eigenvalue weighted by Gasteiger charge is 2.40. The van der Waals surface area contributed by atoms with E-state index in [-0.39, 0.29) is 0 Å². The van der Waals surface area contributed by atoms with Gasteiger partial charge in [-0.3, -0.25) is 0 Å². The first-order valence-electron chi connectivity index (χ1n) is 13.0. The third kappa shape index (κ3) is 6.37. The predicted octanol–water partition coefficient (Wildman–Crippen LogP) is 9.28. The summed E-state index contributed by atoms with van der Waals surface area (Å²) in [7, 11) is 3.45. The second-order valence-corrected chi connectivity index (χ2v) is 12.0. The van der Waals surface area contributed by atoms with Crippen molar-refractivity contribution in [3.05, 3.63) is 120 Å². The number of ether oxygens (including phenoxy) is 2. The van der Waals surface area contributed by atoms with Gasteiger partial charge in [0.1, 0.15) is 11.5 Å². The molecular formula is C33H34O2S2. The van der Waals surface area contributed by atoms with E-state index in [0.29, 0.717) is 22.3 Å². The highest BCUT2D eigenvalue weighted by molar-refractivity contribution is 8.00. The van der Waals surface area contributed by atoms with Gasteiger partial charge in [0.2, 0.25) is 0 Å². The quantitative estimate of drug-likeness (QED) is 0.202. The van der Waals surface area contributed by atoms with Crippen molar-refractivity contribution in [2.75, 3.05) is 14.2 Å². The normalized spacial score (nSPS) is 20.2. The molecule has 0 heterocycles. The van der Waals surface area contributed by atoms with Gasteiger partial charge in [0, 0.05) is 26.2 Å². The summed E-state index contributed by atoms with van der Waals surface area (Å²) in [6.45, 7) is 0. The smallest absolute Gasteiger partial charge is 0.118 e. The molecular weight excluding hydrogens is 492 g/mol. The van der Waals surface area contributed by atoms with Gasteiger partial charge in [-0.25, -0.2) is 0 Å². The van der Waals surface area contributed by atoms with Crippen LogP contribution in [-0.2, 0) is 0 Å². The van der Waals surface area contributed by atoms with Gasteiger partial charge in [-0.05, 0) is 78.4 Å². The lowest BCUT2D eigenvalue weighted by Gasteiger charge is -2.42. The maximum Gasteiger partial charge on any atom is 0.118 e. The summed E-state index contributed by atoms with van der Waals surface area (Å²) in [5, 5.41) is 0.872. The zero-order chi connectivity index (χ0) is 25.5. The Labute approximate surface area is 229 Å². The molecule has 0 amide bonds. The van der Waals surface area contributed by atoms with E-state index in [0.717, 1.165) is 11.5 Å². The van der Waals surface area contributed by atoms with Gasteiger partial charge in [0.05, 0.1) is 14.2 Å². The summed E-state index contributed by atoms with van der Waals surface area (Å²) in [5.41, 5.74) is 2.86. The molecule has 1 aliphatic carbocycles. The van der Waals surface area contributed by atoms with E-state index in [9.17, 15) is 0 Å². The molecule has 0 bridgehead atoms. The third-order valence-corrected chi connectivity index (χ3v) is 10.1. The van der Waals surface area contributed by atoms with Crippen LogP contribution >= 0.6 is 23.5 Å². The number of thioether (sulfide) groups is 2.